The smallest absolute Gasteiger partial charge is 0.308 e. The van der Waals surface area contributed by atoms with Crippen LogP contribution in [0.15, 0.2) is 0 Å². The van der Waals surface area contributed by atoms with Gasteiger partial charge in [-0.05, 0) is 12.7 Å². The van der Waals surface area contributed by atoms with E-state index in [0.717, 1.165) is 5.75 Å². The molecule has 16 heavy (non-hydrogen) atoms. The first-order valence-corrected chi connectivity index (χ1v) is 7.75. The highest BCUT2D eigenvalue weighted by Gasteiger charge is 2.12. The molecule has 1 N–H and O–H groups in total. The third-order valence-electron chi connectivity index (χ3n) is 1.97. The molecule has 0 fully saturated rings. The first-order valence-electron chi connectivity index (χ1n) is 5.02. The number of hydrogen-bond acceptors (Lipinski definition) is 6. The summed E-state index contributed by atoms with van der Waals surface area (Å²) in [6, 6.07) is 0. The summed E-state index contributed by atoms with van der Waals surface area (Å²) >= 11 is 0. The summed E-state index contributed by atoms with van der Waals surface area (Å²) in [4.78, 5) is 22.1. The number of carbonyl (C=O) groups excluding carboxylic acids is 2. The van der Waals surface area contributed by atoms with Gasteiger partial charge in [-0.15, -0.1) is 0 Å². The third kappa shape index (κ3) is 9.06. The van der Waals surface area contributed by atoms with Gasteiger partial charge in [0.05, 0.1) is 19.6 Å². The molecule has 6 heteroatoms. The molecule has 0 saturated heterocycles. The molecule has 0 aliphatic heterocycles. The Labute approximate surface area is 104 Å². The zero-order valence-electron chi connectivity index (χ0n) is 9.60. The number of esters is 1. The number of aliphatic hydroxyl groups excluding tert-OH is 1. The van der Waals surface area contributed by atoms with Crippen LogP contribution >= 0.6 is 21.6 Å². The summed E-state index contributed by atoms with van der Waals surface area (Å²) in [6.07, 6.45) is 2.34. The van der Waals surface area contributed by atoms with Gasteiger partial charge in [-0.25, -0.2) is 0 Å². The highest BCUT2D eigenvalue weighted by atomic mass is 33.1. The fourth-order valence-electron chi connectivity index (χ4n) is 1.07. The van der Waals surface area contributed by atoms with E-state index in [0.29, 0.717) is 19.3 Å². The topological polar surface area (TPSA) is 63.6 Å². The molecule has 4 nitrogen and oxygen atoms in total. The lowest BCUT2D eigenvalue weighted by Crippen LogP contribution is -2.16. The van der Waals surface area contributed by atoms with Gasteiger partial charge in [-0.1, -0.05) is 21.6 Å². The quantitative estimate of drug-likeness (QED) is 0.389. The van der Waals surface area contributed by atoms with Crippen molar-refractivity contribution < 1.29 is 19.4 Å². The summed E-state index contributed by atoms with van der Waals surface area (Å²) in [5.41, 5.74) is 0. The second-order valence-electron chi connectivity index (χ2n) is 3.25. The fourth-order valence-corrected chi connectivity index (χ4v) is 2.30. The molecule has 0 aliphatic carbocycles. The minimum absolute atomic E-state index is 0.0384. The van der Waals surface area contributed by atoms with E-state index < -0.39 is 12.1 Å². The van der Waals surface area contributed by atoms with E-state index in [-0.39, 0.29) is 12.2 Å². The lowest BCUT2D eigenvalue weighted by atomic mass is 10.1. The fraction of sp³-hybridized carbons (Fsp3) is 0.800. The van der Waals surface area contributed by atoms with Crippen molar-refractivity contribution in [2.45, 2.75) is 31.8 Å². The average Bonchev–Trinajstić information content (AvgIpc) is 2.26. The Morgan fingerprint density at radius 3 is 2.62 bits per heavy atom. The second-order valence-corrected chi connectivity index (χ2v) is 5.93. The molecule has 0 rings (SSSR count). The molecule has 0 aromatic rings. The molecular formula is C10H18O4S2. The van der Waals surface area contributed by atoms with Crippen LogP contribution in [-0.2, 0) is 14.3 Å². The van der Waals surface area contributed by atoms with Crippen molar-refractivity contribution in [2.75, 3.05) is 19.1 Å². The minimum atomic E-state index is -0.774. The molecule has 0 amide bonds. The second kappa shape index (κ2) is 9.99. The van der Waals surface area contributed by atoms with Crippen molar-refractivity contribution in [3.05, 3.63) is 0 Å². The Kier molecular flexibility index (Phi) is 9.86. The largest absolute Gasteiger partial charge is 0.469 e. The van der Waals surface area contributed by atoms with Crippen molar-refractivity contribution in [1.29, 1.82) is 0 Å². The molecule has 0 spiro atoms. The predicted octanol–water partition coefficient (Wildman–Crippen LogP) is 1.66. The Morgan fingerprint density at radius 1 is 1.38 bits per heavy atom. The van der Waals surface area contributed by atoms with Crippen LogP contribution in [0.25, 0.3) is 0 Å². The van der Waals surface area contributed by atoms with Gasteiger partial charge in [-0.2, -0.15) is 0 Å². The highest BCUT2D eigenvalue weighted by molar-refractivity contribution is 8.76. The Morgan fingerprint density at radius 2 is 2.06 bits per heavy atom. The van der Waals surface area contributed by atoms with Gasteiger partial charge >= 0.3 is 5.97 Å². The van der Waals surface area contributed by atoms with Gasteiger partial charge < -0.3 is 9.84 Å². The van der Waals surface area contributed by atoms with Crippen LogP contribution in [0.3, 0.4) is 0 Å². The number of Topliss-reactive ketones (excluding diaryl/α,β-unsaturated/α-hetero) is 1. The van der Waals surface area contributed by atoms with Crippen molar-refractivity contribution in [2.24, 2.45) is 0 Å². The van der Waals surface area contributed by atoms with Gasteiger partial charge in [0.15, 0.2) is 0 Å². The maximum atomic E-state index is 11.3. The van der Waals surface area contributed by atoms with Gasteiger partial charge in [0.1, 0.15) is 5.78 Å². The first kappa shape index (κ1) is 15.8. The number of methoxy groups -OCH3 is 1. The summed E-state index contributed by atoms with van der Waals surface area (Å²) < 4.78 is 4.42. The molecule has 0 radical (unpaired) electrons. The van der Waals surface area contributed by atoms with Crippen LogP contribution in [0.5, 0.6) is 0 Å². The van der Waals surface area contributed by atoms with Crippen LogP contribution in [0.2, 0.25) is 0 Å². The molecular weight excluding hydrogens is 248 g/mol. The standard InChI is InChI=1S/C10H18O4S2/c1-14-10(13)7-9(12)4-3-8(11)5-6-16-15-2/h9,12H,3-7H2,1-2H3. The molecule has 0 aromatic carbocycles. The lowest BCUT2D eigenvalue weighted by molar-refractivity contribution is -0.143. The van der Waals surface area contributed by atoms with E-state index in [1.807, 2.05) is 6.26 Å². The Bertz CT molecular complexity index is 221. The summed E-state index contributed by atoms with van der Waals surface area (Å²) in [5.74, 6) is 0.482. The van der Waals surface area contributed by atoms with Gasteiger partial charge in [0.2, 0.25) is 0 Å². The van der Waals surface area contributed by atoms with Gasteiger partial charge in [-0.3, -0.25) is 9.59 Å². The Balaban J connectivity index is 3.54. The van der Waals surface area contributed by atoms with Crippen molar-refractivity contribution in [1.82, 2.24) is 0 Å². The number of rotatable bonds is 9. The van der Waals surface area contributed by atoms with Crippen molar-refractivity contribution in [3.8, 4) is 0 Å². The number of aliphatic hydroxyl groups is 1. The van der Waals surface area contributed by atoms with E-state index in [1.54, 1.807) is 21.6 Å². The minimum Gasteiger partial charge on any atom is -0.469 e. The number of ketones is 1. The maximum absolute atomic E-state index is 11.3. The monoisotopic (exact) mass is 266 g/mol. The zero-order valence-corrected chi connectivity index (χ0v) is 11.2. The van der Waals surface area contributed by atoms with Crippen LogP contribution in [0.4, 0.5) is 0 Å². The molecule has 0 aliphatic rings. The molecule has 94 valence electrons. The molecule has 1 atom stereocenters. The van der Waals surface area contributed by atoms with Crippen molar-refractivity contribution >= 4 is 33.3 Å². The van der Waals surface area contributed by atoms with E-state index in [9.17, 15) is 14.7 Å². The van der Waals surface area contributed by atoms with E-state index in [4.69, 9.17) is 0 Å². The number of ether oxygens (including phenoxy) is 1. The summed E-state index contributed by atoms with van der Waals surface area (Å²) in [5, 5.41) is 9.41. The van der Waals surface area contributed by atoms with Gasteiger partial charge in [0.25, 0.3) is 0 Å². The molecule has 1 unspecified atom stereocenters. The zero-order chi connectivity index (χ0) is 12.4. The lowest BCUT2D eigenvalue weighted by Gasteiger charge is -2.08. The highest BCUT2D eigenvalue weighted by Crippen LogP contribution is 2.18. The average molecular weight is 266 g/mol. The van der Waals surface area contributed by atoms with E-state index in [1.165, 1.54) is 7.11 Å². The van der Waals surface area contributed by atoms with Gasteiger partial charge in [0, 0.05) is 18.6 Å². The van der Waals surface area contributed by atoms with E-state index in [2.05, 4.69) is 4.74 Å². The van der Waals surface area contributed by atoms with Crippen LogP contribution in [0.1, 0.15) is 25.7 Å². The maximum Gasteiger partial charge on any atom is 0.308 e. The van der Waals surface area contributed by atoms with Crippen LogP contribution in [0, 0.1) is 0 Å². The molecule has 0 heterocycles. The molecule has 0 aromatic heterocycles. The normalized spacial score (nSPS) is 12.2. The van der Waals surface area contributed by atoms with Crippen LogP contribution in [-0.4, -0.2) is 42.1 Å². The summed E-state index contributed by atoms with van der Waals surface area (Å²) in [6.45, 7) is 0. The predicted molar refractivity (Wildman–Crippen MR) is 67.5 cm³/mol. The molecule has 0 saturated carbocycles. The SMILES string of the molecule is COC(=O)CC(O)CCC(=O)CCSSC. The van der Waals surface area contributed by atoms with Crippen LogP contribution < -0.4 is 0 Å². The third-order valence-corrected chi connectivity index (χ3v) is 3.78. The Hall–Kier alpha value is -0.200. The first-order chi connectivity index (χ1) is 7.60. The van der Waals surface area contributed by atoms with Crippen molar-refractivity contribution in [3.63, 3.8) is 0 Å². The molecule has 0 bridgehead atoms. The summed E-state index contributed by atoms with van der Waals surface area (Å²) in [7, 11) is 4.56. The number of hydrogen-bond donors (Lipinski definition) is 1. The van der Waals surface area contributed by atoms with E-state index >= 15 is 0 Å². The number of carbonyl (C=O) groups is 2.